The van der Waals surface area contributed by atoms with Crippen molar-refractivity contribution in [3.05, 3.63) is 34.6 Å². The maximum atomic E-state index is 13.2. The van der Waals surface area contributed by atoms with Crippen molar-refractivity contribution in [3.63, 3.8) is 0 Å². The molecule has 1 nitrogen and oxygen atoms in total. The summed E-state index contributed by atoms with van der Waals surface area (Å²) in [5.74, 6) is -0.0887. The van der Waals surface area contributed by atoms with Gasteiger partial charge in [-0.1, -0.05) is 6.07 Å². The summed E-state index contributed by atoms with van der Waals surface area (Å²) in [6.45, 7) is 1.85. The van der Waals surface area contributed by atoms with Crippen molar-refractivity contribution in [2.75, 3.05) is 0 Å². The SMILES string of the molecule is Cc1c(F)ccc2c1CC[C@@H](N)C2. The van der Waals surface area contributed by atoms with E-state index in [0.29, 0.717) is 0 Å². The third-order valence-corrected chi connectivity index (χ3v) is 2.88. The highest BCUT2D eigenvalue weighted by atomic mass is 19.1. The monoisotopic (exact) mass is 179 g/mol. The van der Waals surface area contributed by atoms with Gasteiger partial charge in [-0.15, -0.1) is 0 Å². The lowest BCUT2D eigenvalue weighted by Gasteiger charge is -2.23. The fourth-order valence-electron chi connectivity index (χ4n) is 2.04. The molecule has 2 rings (SSSR count). The highest BCUT2D eigenvalue weighted by Gasteiger charge is 2.18. The topological polar surface area (TPSA) is 26.0 Å². The Morgan fingerprint density at radius 2 is 2.23 bits per heavy atom. The number of benzene rings is 1. The summed E-state index contributed by atoms with van der Waals surface area (Å²) in [6.07, 6.45) is 2.81. The van der Waals surface area contributed by atoms with Gasteiger partial charge in [0.1, 0.15) is 5.82 Å². The van der Waals surface area contributed by atoms with Crippen LogP contribution in [-0.4, -0.2) is 6.04 Å². The van der Waals surface area contributed by atoms with Gasteiger partial charge in [-0.3, -0.25) is 0 Å². The van der Waals surface area contributed by atoms with E-state index in [2.05, 4.69) is 0 Å². The smallest absolute Gasteiger partial charge is 0.126 e. The number of fused-ring (bicyclic) bond motifs is 1. The van der Waals surface area contributed by atoms with Gasteiger partial charge in [0.05, 0.1) is 0 Å². The Morgan fingerprint density at radius 1 is 1.46 bits per heavy atom. The molecule has 0 radical (unpaired) electrons. The zero-order valence-corrected chi connectivity index (χ0v) is 7.81. The molecular formula is C11H14FN. The summed E-state index contributed by atoms with van der Waals surface area (Å²) in [6, 6.07) is 3.68. The summed E-state index contributed by atoms with van der Waals surface area (Å²) in [5.41, 5.74) is 9.07. The molecule has 0 spiro atoms. The molecule has 0 saturated heterocycles. The lowest BCUT2D eigenvalue weighted by molar-refractivity contribution is 0.560. The Hall–Kier alpha value is -0.890. The van der Waals surface area contributed by atoms with Gasteiger partial charge in [0.25, 0.3) is 0 Å². The highest BCUT2D eigenvalue weighted by molar-refractivity contribution is 5.37. The first kappa shape index (κ1) is 8.70. The van der Waals surface area contributed by atoms with Crippen LogP contribution in [0.1, 0.15) is 23.1 Å². The molecule has 1 atom stereocenters. The second-order valence-electron chi connectivity index (χ2n) is 3.81. The van der Waals surface area contributed by atoms with Crippen molar-refractivity contribution in [1.82, 2.24) is 0 Å². The molecule has 0 saturated carbocycles. The fourth-order valence-corrected chi connectivity index (χ4v) is 2.04. The molecule has 0 aromatic heterocycles. The predicted molar refractivity (Wildman–Crippen MR) is 51.1 cm³/mol. The van der Waals surface area contributed by atoms with Crippen LogP contribution in [0.25, 0.3) is 0 Å². The van der Waals surface area contributed by atoms with E-state index >= 15 is 0 Å². The summed E-state index contributed by atoms with van der Waals surface area (Å²) < 4.78 is 13.2. The molecule has 1 aliphatic carbocycles. The molecule has 0 heterocycles. The zero-order valence-electron chi connectivity index (χ0n) is 7.81. The van der Waals surface area contributed by atoms with Crippen LogP contribution < -0.4 is 5.73 Å². The van der Waals surface area contributed by atoms with Gasteiger partial charge in [-0.25, -0.2) is 4.39 Å². The molecule has 0 amide bonds. The average Bonchev–Trinajstić information content (AvgIpc) is 2.12. The van der Waals surface area contributed by atoms with Crippen molar-refractivity contribution in [3.8, 4) is 0 Å². The molecule has 1 aliphatic rings. The van der Waals surface area contributed by atoms with Gasteiger partial charge in [0.2, 0.25) is 0 Å². The zero-order chi connectivity index (χ0) is 9.42. The third kappa shape index (κ3) is 1.46. The van der Waals surface area contributed by atoms with E-state index in [9.17, 15) is 4.39 Å². The van der Waals surface area contributed by atoms with Crippen molar-refractivity contribution < 1.29 is 4.39 Å². The number of halogens is 1. The highest BCUT2D eigenvalue weighted by Crippen LogP contribution is 2.25. The van der Waals surface area contributed by atoms with Crippen LogP contribution >= 0.6 is 0 Å². The second kappa shape index (κ2) is 3.11. The minimum atomic E-state index is -0.0887. The summed E-state index contributed by atoms with van der Waals surface area (Å²) >= 11 is 0. The molecule has 0 fully saturated rings. The van der Waals surface area contributed by atoms with E-state index in [1.54, 1.807) is 6.07 Å². The van der Waals surface area contributed by atoms with Crippen molar-refractivity contribution >= 4 is 0 Å². The average molecular weight is 179 g/mol. The van der Waals surface area contributed by atoms with Crippen LogP contribution in [0.3, 0.4) is 0 Å². The number of hydrogen-bond donors (Lipinski definition) is 1. The van der Waals surface area contributed by atoms with Crippen molar-refractivity contribution in [1.29, 1.82) is 0 Å². The molecule has 0 unspecified atom stereocenters. The Balaban J connectivity index is 2.47. The largest absolute Gasteiger partial charge is 0.327 e. The number of rotatable bonds is 0. The van der Waals surface area contributed by atoms with Crippen molar-refractivity contribution in [2.45, 2.75) is 32.2 Å². The number of hydrogen-bond acceptors (Lipinski definition) is 1. The summed E-state index contributed by atoms with van der Waals surface area (Å²) in [7, 11) is 0. The maximum absolute atomic E-state index is 13.2. The van der Waals surface area contributed by atoms with Crippen LogP contribution in [0.2, 0.25) is 0 Å². The van der Waals surface area contributed by atoms with E-state index < -0.39 is 0 Å². The second-order valence-corrected chi connectivity index (χ2v) is 3.81. The van der Waals surface area contributed by atoms with E-state index in [1.807, 2.05) is 13.0 Å². The van der Waals surface area contributed by atoms with Gasteiger partial charge in [-0.2, -0.15) is 0 Å². The van der Waals surface area contributed by atoms with Crippen LogP contribution in [-0.2, 0) is 12.8 Å². The van der Waals surface area contributed by atoms with Gasteiger partial charge >= 0.3 is 0 Å². The van der Waals surface area contributed by atoms with Gasteiger partial charge in [-0.05, 0) is 48.9 Å². The molecule has 0 bridgehead atoms. The molecule has 2 heteroatoms. The lowest BCUT2D eigenvalue weighted by Crippen LogP contribution is -2.28. The Bertz CT molecular complexity index is 333. The van der Waals surface area contributed by atoms with Crippen LogP contribution in [0.4, 0.5) is 4.39 Å². The van der Waals surface area contributed by atoms with Gasteiger partial charge < -0.3 is 5.73 Å². The van der Waals surface area contributed by atoms with Crippen LogP contribution in [0, 0.1) is 12.7 Å². The lowest BCUT2D eigenvalue weighted by atomic mass is 9.86. The first-order chi connectivity index (χ1) is 6.18. The molecule has 70 valence electrons. The normalized spacial score (nSPS) is 21.3. The maximum Gasteiger partial charge on any atom is 0.126 e. The summed E-state index contributed by atoms with van der Waals surface area (Å²) in [5, 5.41) is 0. The molecule has 0 aliphatic heterocycles. The van der Waals surface area contributed by atoms with Gasteiger partial charge in [0, 0.05) is 6.04 Å². The first-order valence-electron chi connectivity index (χ1n) is 4.71. The molecule has 13 heavy (non-hydrogen) atoms. The van der Waals surface area contributed by atoms with E-state index in [1.165, 1.54) is 11.1 Å². The van der Waals surface area contributed by atoms with Crippen LogP contribution in [0.15, 0.2) is 12.1 Å². The minimum absolute atomic E-state index is 0.0887. The van der Waals surface area contributed by atoms with E-state index in [-0.39, 0.29) is 11.9 Å². The quantitative estimate of drug-likeness (QED) is 0.647. The first-order valence-corrected chi connectivity index (χ1v) is 4.71. The summed E-state index contributed by atoms with van der Waals surface area (Å²) in [4.78, 5) is 0. The van der Waals surface area contributed by atoms with Crippen molar-refractivity contribution in [2.24, 2.45) is 5.73 Å². The molecular weight excluding hydrogens is 165 g/mol. The third-order valence-electron chi connectivity index (χ3n) is 2.88. The Kier molecular flexibility index (Phi) is 2.08. The standard InChI is InChI=1S/C11H14FN/c1-7-10-4-3-9(13)6-8(10)2-5-11(7)12/h2,5,9H,3-4,6,13H2,1H3/t9-/m1/s1. The van der Waals surface area contributed by atoms with Crippen LogP contribution in [0.5, 0.6) is 0 Å². The fraction of sp³-hybridized carbons (Fsp3) is 0.455. The molecule has 2 N–H and O–H groups in total. The predicted octanol–water partition coefficient (Wildman–Crippen LogP) is 1.95. The number of nitrogens with two attached hydrogens (primary N) is 1. The van der Waals surface area contributed by atoms with E-state index in [4.69, 9.17) is 5.73 Å². The Morgan fingerprint density at radius 3 is 3.00 bits per heavy atom. The molecule has 1 aromatic carbocycles. The minimum Gasteiger partial charge on any atom is -0.327 e. The Labute approximate surface area is 77.8 Å². The van der Waals surface area contributed by atoms with Gasteiger partial charge in [0.15, 0.2) is 0 Å². The van der Waals surface area contributed by atoms with E-state index in [0.717, 1.165) is 24.8 Å². The molecule has 1 aromatic rings.